The summed E-state index contributed by atoms with van der Waals surface area (Å²) < 4.78 is 9.84. The van der Waals surface area contributed by atoms with Crippen LogP contribution < -0.4 is 10.6 Å². The number of thiocarbonyl (C=S) groups is 1. The number of halogens is 1. The summed E-state index contributed by atoms with van der Waals surface area (Å²) in [6.45, 7) is 2.03. The van der Waals surface area contributed by atoms with Gasteiger partial charge < -0.3 is 4.74 Å². The maximum absolute atomic E-state index is 13.9. The zero-order valence-corrected chi connectivity index (χ0v) is 20.7. The summed E-state index contributed by atoms with van der Waals surface area (Å²) in [6, 6.07) is 15.3. The number of hydrogen-bond acceptors (Lipinski definition) is 6. The maximum Gasteiger partial charge on any atom is 0.280 e. The smallest absolute Gasteiger partial charge is 0.280 e. The first-order valence-corrected chi connectivity index (χ1v) is 12.6. The van der Waals surface area contributed by atoms with E-state index in [1.54, 1.807) is 28.0 Å². The number of para-hydroxylation sites is 1. The Bertz CT molecular complexity index is 1470. The lowest BCUT2D eigenvalue weighted by atomic mass is 9.82. The molecule has 0 amide bonds. The molecular weight excluding hydrogens is 482 g/mol. The summed E-state index contributed by atoms with van der Waals surface area (Å²) in [5.74, 6) is 0.729. The molecule has 2 aliphatic rings. The van der Waals surface area contributed by atoms with E-state index in [4.69, 9.17) is 33.5 Å². The van der Waals surface area contributed by atoms with Crippen LogP contribution in [0.2, 0.25) is 5.02 Å². The quantitative estimate of drug-likeness (QED) is 0.302. The van der Waals surface area contributed by atoms with Gasteiger partial charge >= 0.3 is 0 Å². The number of benzene rings is 2. The van der Waals surface area contributed by atoms with E-state index in [0.29, 0.717) is 27.5 Å². The van der Waals surface area contributed by atoms with Crippen molar-refractivity contribution >= 4 is 39.9 Å². The molecule has 1 aliphatic carbocycles. The topological polar surface area (TPSA) is 64.9 Å². The van der Waals surface area contributed by atoms with E-state index in [9.17, 15) is 4.79 Å². The second-order valence-corrected chi connectivity index (χ2v) is 9.81. The number of imidazole rings is 1. The summed E-state index contributed by atoms with van der Waals surface area (Å²) >= 11 is 11.8. The number of rotatable bonds is 4. The molecule has 0 radical (unpaired) electrons. The summed E-state index contributed by atoms with van der Waals surface area (Å²) in [7, 11) is 0. The monoisotopic (exact) mass is 505 g/mol. The molecule has 3 atom stereocenters. The minimum atomic E-state index is -0.407. The van der Waals surface area contributed by atoms with Crippen LogP contribution in [0.3, 0.4) is 0 Å². The van der Waals surface area contributed by atoms with Crippen LogP contribution >= 0.6 is 23.8 Å². The predicted molar refractivity (Wildman–Crippen MR) is 139 cm³/mol. The highest BCUT2D eigenvalue weighted by atomic mass is 35.5. The number of fused-ring (bicyclic) bond motifs is 2. The van der Waals surface area contributed by atoms with Crippen LogP contribution in [0, 0.1) is 0 Å². The third-order valence-corrected chi connectivity index (χ3v) is 7.72. The van der Waals surface area contributed by atoms with Gasteiger partial charge in [0.15, 0.2) is 0 Å². The van der Waals surface area contributed by atoms with Crippen LogP contribution in [0.1, 0.15) is 37.6 Å². The number of aromatic nitrogens is 4. The zero-order chi connectivity index (χ0) is 24.2. The zero-order valence-electron chi connectivity index (χ0n) is 19.2. The average Bonchev–Trinajstić information content (AvgIpc) is 3.24. The first-order chi connectivity index (χ1) is 17.0. The second kappa shape index (κ2) is 8.46. The van der Waals surface area contributed by atoms with Crippen molar-refractivity contribution in [2.24, 2.45) is 0 Å². The third kappa shape index (κ3) is 3.46. The Morgan fingerprint density at radius 1 is 1.23 bits per heavy atom. The number of aryl methyl sites for hydroxylation is 1. The highest BCUT2D eigenvalue weighted by Gasteiger charge is 2.70. The fourth-order valence-corrected chi connectivity index (χ4v) is 5.95. The van der Waals surface area contributed by atoms with Gasteiger partial charge in [0.2, 0.25) is 0 Å². The van der Waals surface area contributed by atoms with Crippen molar-refractivity contribution in [1.29, 1.82) is 0 Å². The van der Waals surface area contributed by atoms with Crippen LogP contribution in [0.4, 0.5) is 0 Å². The van der Waals surface area contributed by atoms with Gasteiger partial charge in [0.25, 0.3) is 10.7 Å². The molecule has 0 N–H and O–H groups in total. The van der Waals surface area contributed by atoms with Crippen LogP contribution in [-0.4, -0.2) is 36.5 Å². The summed E-state index contributed by atoms with van der Waals surface area (Å²) in [6.07, 6.45) is 8.17. The van der Waals surface area contributed by atoms with Gasteiger partial charge in [-0.05, 0) is 61.3 Å². The van der Waals surface area contributed by atoms with E-state index < -0.39 is 5.54 Å². The Morgan fingerprint density at radius 2 is 2.03 bits per heavy atom. The van der Waals surface area contributed by atoms with Crippen molar-refractivity contribution in [3.63, 3.8) is 0 Å². The first kappa shape index (κ1) is 22.2. The molecule has 0 spiro atoms. The van der Waals surface area contributed by atoms with Crippen LogP contribution in [-0.2, 0) is 16.7 Å². The van der Waals surface area contributed by atoms with Crippen molar-refractivity contribution in [2.45, 2.75) is 50.3 Å². The Morgan fingerprint density at radius 3 is 2.77 bits per heavy atom. The molecule has 4 aromatic rings. The third-order valence-electron chi connectivity index (χ3n) is 7.16. The highest BCUT2D eigenvalue weighted by molar-refractivity contribution is 7.80. The van der Waals surface area contributed by atoms with Gasteiger partial charge in [0.1, 0.15) is 29.8 Å². The number of ether oxygens (including phenoxy) is 1. The normalized spacial score (nSPS) is 23.2. The molecule has 1 saturated carbocycles. The lowest BCUT2D eigenvalue weighted by molar-refractivity contribution is 0.145. The SMILES string of the molecule is CCc1nc2ccccc2c(=O)n1N1[C@@H]2[C@H](OC(=S)n3ccnc3)CCC[C@@]21c1ccc(Cl)cc1. The average molecular weight is 506 g/mol. The van der Waals surface area contributed by atoms with Gasteiger partial charge in [-0.1, -0.05) is 42.8 Å². The molecule has 9 heteroatoms. The molecule has 0 unspecified atom stereocenters. The van der Waals surface area contributed by atoms with Crippen molar-refractivity contribution in [2.75, 3.05) is 5.01 Å². The van der Waals surface area contributed by atoms with Gasteiger partial charge in [-0.2, -0.15) is 0 Å². The molecule has 1 aliphatic heterocycles. The van der Waals surface area contributed by atoms with Crippen LogP contribution in [0.25, 0.3) is 10.9 Å². The van der Waals surface area contributed by atoms with Crippen molar-refractivity contribution < 1.29 is 4.74 Å². The summed E-state index contributed by atoms with van der Waals surface area (Å²) in [5, 5.41) is 3.81. The Balaban J connectivity index is 1.49. The molecular formula is C26H24ClN5O2S. The minimum absolute atomic E-state index is 0.0638. The van der Waals surface area contributed by atoms with E-state index >= 15 is 0 Å². The first-order valence-electron chi connectivity index (χ1n) is 11.8. The lowest BCUT2D eigenvalue weighted by Crippen LogP contribution is -2.37. The van der Waals surface area contributed by atoms with E-state index in [-0.39, 0.29) is 17.7 Å². The molecule has 2 aromatic carbocycles. The molecule has 1 saturated heterocycles. The minimum Gasteiger partial charge on any atom is -0.465 e. The number of nitrogens with zero attached hydrogens (tertiary/aromatic N) is 5. The standard InChI is InChI=1S/C26H24ClN5O2S/c1-2-22-29-20-7-4-3-6-19(20)24(33)31(22)32-23-21(34-25(35)30-15-14-28-16-30)8-5-13-26(23,32)17-9-11-18(27)12-10-17/h3-4,6-7,9-12,14-16,21,23H,2,5,8,13H2,1H3/t21-,23-,26-,32?/m1/s1. The molecule has 3 heterocycles. The lowest BCUT2D eigenvalue weighted by Gasteiger charge is -2.26. The second-order valence-electron chi connectivity index (χ2n) is 9.02. The van der Waals surface area contributed by atoms with E-state index in [2.05, 4.69) is 22.1 Å². The van der Waals surface area contributed by atoms with Crippen molar-refractivity contribution in [3.05, 3.63) is 94.0 Å². The molecule has 6 rings (SSSR count). The Labute approximate surface area is 212 Å². The Kier molecular flexibility index (Phi) is 5.38. The Hall–Kier alpha value is -3.23. The highest BCUT2D eigenvalue weighted by Crippen LogP contribution is 2.57. The van der Waals surface area contributed by atoms with Gasteiger partial charge in [-0.15, -0.1) is 0 Å². The number of hydrogen-bond donors (Lipinski definition) is 0. The summed E-state index contributed by atoms with van der Waals surface area (Å²) in [5.41, 5.74) is 1.35. The molecule has 7 nitrogen and oxygen atoms in total. The fourth-order valence-electron chi connectivity index (χ4n) is 5.59. The maximum atomic E-state index is 13.9. The van der Waals surface area contributed by atoms with Gasteiger partial charge in [0, 0.05) is 23.8 Å². The van der Waals surface area contributed by atoms with Gasteiger partial charge in [0.05, 0.1) is 10.9 Å². The fraction of sp³-hybridized carbons (Fsp3) is 0.308. The largest absolute Gasteiger partial charge is 0.465 e. The van der Waals surface area contributed by atoms with E-state index in [1.807, 2.05) is 43.3 Å². The molecule has 2 aromatic heterocycles. The van der Waals surface area contributed by atoms with Crippen LogP contribution in [0.5, 0.6) is 0 Å². The van der Waals surface area contributed by atoms with Crippen molar-refractivity contribution in [1.82, 2.24) is 19.2 Å². The predicted octanol–water partition coefficient (Wildman–Crippen LogP) is 4.43. The van der Waals surface area contributed by atoms with E-state index in [1.165, 1.54) is 0 Å². The molecule has 178 valence electrons. The van der Waals surface area contributed by atoms with Gasteiger partial charge in [-0.3, -0.25) is 14.4 Å². The molecule has 0 bridgehead atoms. The summed E-state index contributed by atoms with van der Waals surface area (Å²) in [4.78, 5) is 22.8. The molecule has 35 heavy (non-hydrogen) atoms. The van der Waals surface area contributed by atoms with E-state index in [0.717, 1.165) is 30.7 Å². The molecule has 2 fully saturated rings. The van der Waals surface area contributed by atoms with Crippen molar-refractivity contribution in [3.8, 4) is 0 Å². The van der Waals surface area contributed by atoms with Crippen LogP contribution in [0.15, 0.2) is 72.0 Å². The van der Waals surface area contributed by atoms with Gasteiger partial charge in [-0.25, -0.2) is 14.6 Å².